The zero-order valence-corrected chi connectivity index (χ0v) is 18.2. The van der Waals surface area contributed by atoms with Crippen molar-refractivity contribution in [3.05, 3.63) is 70.9 Å². The molecule has 31 heavy (non-hydrogen) atoms. The highest BCUT2D eigenvalue weighted by molar-refractivity contribution is 8.26. The number of hydrogen-bond donors (Lipinski definition) is 1. The number of benzene rings is 2. The summed E-state index contributed by atoms with van der Waals surface area (Å²) in [5.74, 6) is -0.280. The molecule has 156 valence electrons. The molecule has 2 heterocycles. The number of aryl methyl sites for hydroxylation is 1. The quantitative estimate of drug-likeness (QED) is 0.450. The van der Waals surface area contributed by atoms with Gasteiger partial charge in [-0.2, -0.15) is 0 Å². The van der Waals surface area contributed by atoms with Crippen LogP contribution in [0.2, 0.25) is 0 Å². The number of amides is 1. The number of para-hydroxylation sites is 1. The first-order valence-electron chi connectivity index (χ1n) is 9.49. The Labute approximate surface area is 188 Å². The molecule has 0 bridgehead atoms. The molecule has 1 aliphatic heterocycles. The molecule has 1 aliphatic rings. The van der Waals surface area contributed by atoms with Crippen LogP contribution in [0.5, 0.6) is 0 Å². The lowest BCUT2D eigenvalue weighted by Crippen LogP contribution is -2.30. The third kappa shape index (κ3) is 4.57. The van der Waals surface area contributed by atoms with Crippen molar-refractivity contribution >= 4 is 46.3 Å². The van der Waals surface area contributed by atoms with E-state index >= 15 is 0 Å². The SMILES string of the molecule is Cc1ccc(-c2nc(C=C3SC(=S)N(CCC(=O)O)C3=O)n(-c3ccccc3)n2)cc1. The first-order chi connectivity index (χ1) is 14.9. The number of rotatable bonds is 6. The second kappa shape index (κ2) is 8.83. The Bertz CT molecular complexity index is 1190. The van der Waals surface area contributed by atoms with Gasteiger partial charge in [0.15, 0.2) is 11.6 Å². The number of thiocarbonyl (C=S) groups is 1. The van der Waals surface area contributed by atoms with E-state index in [1.54, 1.807) is 10.8 Å². The van der Waals surface area contributed by atoms with Gasteiger partial charge in [-0.15, -0.1) is 5.10 Å². The minimum Gasteiger partial charge on any atom is -0.481 e. The lowest BCUT2D eigenvalue weighted by atomic mass is 10.1. The molecule has 4 rings (SSSR count). The lowest BCUT2D eigenvalue weighted by Gasteiger charge is -2.12. The zero-order chi connectivity index (χ0) is 22.0. The molecule has 0 saturated carbocycles. The first kappa shape index (κ1) is 21.0. The van der Waals surface area contributed by atoms with Crippen LogP contribution in [0.4, 0.5) is 0 Å². The predicted octanol–water partition coefficient (Wildman–Crippen LogP) is 3.92. The molecule has 1 fully saturated rings. The Morgan fingerprint density at radius 3 is 2.55 bits per heavy atom. The number of aromatic nitrogens is 3. The molecular weight excluding hydrogens is 432 g/mol. The fourth-order valence-electron chi connectivity index (χ4n) is 3.02. The number of carbonyl (C=O) groups is 2. The summed E-state index contributed by atoms with van der Waals surface area (Å²) in [5.41, 5.74) is 2.81. The molecule has 0 unspecified atom stereocenters. The van der Waals surface area contributed by atoms with Crippen molar-refractivity contribution < 1.29 is 14.7 Å². The molecule has 2 aromatic carbocycles. The average molecular weight is 451 g/mol. The van der Waals surface area contributed by atoms with Crippen molar-refractivity contribution in [1.82, 2.24) is 19.7 Å². The second-order valence-corrected chi connectivity index (χ2v) is 8.56. The number of nitrogens with zero attached hydrogens (tertiary/aromatic N) is 4. The van der Waals surface area contributed by atoms with E-state index in [0.717, 1.165) is 28.6 Å². The van der Waals surface area contributed by atoms with E-state index in [4.69, 9.17) is 17.3 Å². The van der Waals surface area contributed by atoms with Gasteiger partial charge in [0.05, 0.1) is 17.0 Å². The lowest BCUT2D eigenvalue weighted by molar-refractivity contribution is -0.137. The van der Waals surface area contributed by atoms with Crippen LogP contribution < -0.4 is 0 Å². The molecule has 1 aromatic heterocycles. The van der Waals surface area contributed by atoms with Gasteiger partial charge >= 0.3 is 5.97 Å². The number of thioether (sulfide) groups is 1. The number of carboxylic acid groups (broad SMARTS) is 1. The monoisotopic (exact) mass is 450 g/mol. The van der Waals surface area contributed by atoms with E-state index < -0.39 is 5.97 Å². The predicted molar refractivity (Wildman–Crippen MR) is 124 cm³/mol. The maximum atomic E-state index is 12.8. The number of carboxylic acids is 1. The average Bonchev–Trinajstić information content (AvgIpc) is 3.29. The molecule has 9 heteroatoms. The van der Waals surface area contributed by atoms with Gasteiger partial charge in [0, 0.05) is 18.2 Å². The molecule has 0 atom stereocenters. The maximum absolute atomic E-state index is 12.8. The van der Waals surface area contributed by atoms with Crippen LogP contribution in [-0.2, 0) is 9.59 Å². The standard InChI is InChI=1S/C22H18N4O3S2/c1-14-7-9-15(10-8-14)20-23-18(26(24-20)16-5-3-2-4-6-16)13-17-21(29)25(22(30)31-17)12-11-19(27)28/h2-10,13H,11-12H2,1H3,(H,27,28). The van der Waals surface area contributed by atoms with Gasteiger partial charge in [-0.1, -0.05) is 72.0 Å². The van der Waals surface area contributed by atoms with Crippen LogP contribution >= 0.6 is 24.0 Å². The summed E-state index contributed by atoms with van der Waals surface area (Å²) in [6, 6.07) is 17.4. The van der Waals surface area contributed by atoms with Crippen LogP contribution in [0.3, 0.4) is 0 Å². The van der Waals surface area contributed by atoms with Crippen LogP contribution in [0.1, 0.15) is 17.8 Å². The van der Waals surface area contributed by atoms with E-state index in [2.05, 4.69) is 10.1 Å². The molecule has 7 nitrogen and oxygen atoms in total. The van der Waals surface area contributed by atoms with E-state index in [-0.39, 0.29) is 18.9 Å². The molecule has 1 N–H and O–H groups in total. The second-order valence-electron chi connectivity index (χ2n) is 6.88. The van der Waals surface area contributed by atoms with E-state index in [9.17, 15) is 9.59 Å². The highest BCUT2D eigenvalue weighted by Gasteiger charge is 2.32. The Balaban J connectivity index is 1.73. The van der Waals surface area contributed by atoms with Crippen molar-refractivity contribution in [3.8, 4) is 17.1 Å². The molecular formula is C22H18N4O3S2. The molecule has 1 amide bonds. The van der Waals surface area contributed by atoms with Crippen molar-refractivity contribution in [1.29, 1.82) is 0 Å². The Morgan fingerprint density at radius 2 is 1.87 bits per heavy atom. The summed E-state index contributed by atoms with van der Waals surface area (Å²) >= 11 is 6.41. The Kier molecular flexibility index (Phi) is 5.97. The molecule has 0 spiro atoms. The van der Waals surface area contributed by atoms with Crippen molar-refractivity contribution in [2.24, 2.45) is 0 Å². The van der Waals surface area contributed by atoms with Crippen LogP contribution in [0, 0.1) is 6.92 Å². The van der Waals surface area contributed by atoms with Gasteiger partial charge in [-0.05, 0) is 19.1 Å². The molecule has 0 aliphatic carbocycles. The number of aliphatic carboxylic acids is 1. The summed E-state index contributed by atoms with van der Waals surface area (Å²) in [7, 11) is 0. The molecule has 0 radical (unpaired) electrons. The highest BCUT2D eigenvalue weighted by Crippen LogP contribution is 2.33. The third-order valence-electron chi connectivity index (χ3n) is 4.63. The number of carbonyl (C=O) groups excluding carboxylic acids is 1. The smallest absolute Gasteiger partial charge is 0.305 e. The topological polar surface area (TPSA) is 88.3 Å². The summed E-state index contributed by atoms with van der Waals surface area (Å²) in [6.07, 6.45) is 1.48. The molecule has 3 aromatic rings. The summed E-state index contributed by atoms with van der Waals surface area (Å²) in [4.78, 5) is 30.0. The van der Waals surface area contributed by atoms with E-state index in [1.807, 2.05) is 61.5 Å². The summed E-state index contributed by atoms with van der Waals surface area (Å²) in [5, 5.41) is 13.6. The van der Waals surface area contributed by atoms with Crippen LogP contribution in [0.15, 0.2) is 59.5 Å². The Morgan fingerprint density at radius 1 is 1.16 bits per heavy atom. The van der Waals surface area contributed by atoms with Gasteiger partial charge in [0.2, 0.25) is 0 Å². The summed E-state index contributed by atoms with van der Waals surface area (Å²) in [6.45, 7) is 2.05. The van der Waals surface area contributed by atoms with Crippen LogP contribution in [0.25, 0.3) is 23.2 Å². The minimum absolute atomic E-state index is 0.0390. The van der Waals surface area contributed by atoms with Gasteiger partial charge in [0.25, 0.3) is 5.91 Å². The van der Waals surface area contributed by atoms with Crippen molar-refractivity contribution in [3.63, 3.8) is 0 Å². The van der Waals surface area contributed by atoms with E-state index in [1.165, 1.54) is 4.90 Å². The molecule has 1 saturated heterocycles. The number of hydrogen-bond acceptors (Lipinski definition) is 6. The van der Waals surface area contributed by atoms with Gasteiger partial charge in [-0.25, -0.2) is 9.67 Å². The largest absolute Gasteiger partial charge is 0.481 e. The first-order valence-corrected chi connectivity index (χ1v) is 10.7. The summed E-state index contributed by atoms with van der Waals surface area (Å²) < 4.78 is 2.01. The zero-order valence-electron chi connectivity index (χ0n) is 16.6. The van der Waals surface area contributed by atoms with Gasteiger partial charge < -0.3 is 5.11 Å². The van der Waals surface area contributed by atoms with Crippen LogP contribution in [-0.4, -0.2) is 47.5 Å². The van der Waals surface area contributed by atoms with Gasteiger partial charge in [0.1, 0.15) is 4.32 Å². The normalized spacial score (nSPS) is 15.1. The Hall–Kier alpha value is -3.30. The van der Waals surface area contributed by atoms with Crippen molar-refractivity contribution in [2.75, 3.05) is 6.54 Å². The minimum atomic E-state index is -0.982. The highest BCUT2D eigenvalue weighted by atomic mass is 32.2. The fourth-order valence-corrected chi connectivity index (χ4v) is 4.30. The maximum Gasteiger partial charge on any atom is 0.305 e. The van der Waals surface area contributed by atoms with Crippen molar-refractivity contribution in [2.45, 2.75) is 13.3 Å². The van der Waals surface area contributed by atoms with E-state index in [0.29, 0.717) is 20.9 Å². The van der Waals surface area contributed by atoms with Gasteiger partial charge in [-0.3, -0.25) is 14.5 Å². The fraction of sp³-hybridized carbons (Fsp3) is 0.136. The third-order valence-corrected chi connectivity index (χ3v) is 6.00.